The van der Waals surface area contributed by atoms with Gasteiger partial charge in [-0.1, -0.05) is 0 Å². The second kappa shape index (κ2) is 2.74. The lowest BCUT2D eigenvalue weighted by Crippen LogP contribution is -2.59. The van der Waals surface area contributed by atoms with Crippen LogP contribution in [0.3, 0.4) is 0 Å². The highest BCUT2D eigenvalue weighted by Crippen LogP contribution is 2.17. The fraction of sp³-hybridized carbons (Fsp3) is 0.750. The number of likely N-dealkylation sites (N-methyl/N-ethyl adjacent to an activating group) is 1. The molecular weight excluding hydrogens is 142 g/mol. The zero-order valence-corrected chi connectivity index (χ0v) is 7.76. The molecule has 0 aliphatic carbocycles. The van der Waals surface area contributed by atoms with Crippen LogP contribution in [0.4, 0.5) is 0 Å². The van der Waals surface area contributed by atoms with Crippen molar-refractivity contribution >= 4 is 12.2 Å². The Morgan fingerprint density at radius 1 is 1.36 bits per heavy atom. The van der Waals surface area contributed by atoms with E-state index in [9.17, 15) is 9.59 Å². The van der Waals surface area contributed by atoms with Gasteiger partial charge in [0.2, 0.25) is 0 Å². The molecule has 0 saturated carbocycles. The molecule has 0 aromatic heterocycles. The Morgan fingerprint density at radius 2 is 1.73 bits per heavy atom. The molecule has 0 atom stereocenters. The van der Waals surface area contributed by atoms with Gasteiger partial charge in [-0.3, -0.25) is 9.28 Å². The SMILES string of the molecule is CC(=O)[N+](C)(C)C(C)(C)[C]=O. The summed E-state index contributed by atoms with van der Waals surface area (Å²) in [6.45, 7) is 4.86. The van der Waals surface area contributed by atoms with Gasteiger partial charge < -0.3 is 0 Å². The molecule has 0 aliphatic rings. The summed E-state index contributed by atoms with van der Waals surface area (Å²) >= 11 is 0. The van der Waals surface area contributed by atoms with E-state index >= 15 is 0 Å². The van der Waals surface area contributed by atoms with Crippen molar-refractivity contribution in [3.05, 3.63) is 0 Å². The summed E-state index contributed by atoms with van der Waals surface area (Å²) in [5.41, 5.74) is -0.758. The second-order valence-electron chi connectivity index (χ2n) is 3.63. The number of hydrogen-bond donors (Lipinski definition) is 0. The average Bonchev–Trinajstić information content (AvgIpc) is 1.87. The highest BCUT2D eigenvalue weighted by atomic mass is 16.2. The van der Waals surface area contributed by atoms with E-state index in [1.165, 1.54) is 6.92 Å². The minimum Gasteiger partial charge on any atom is -0.283 e. The number of amides is 1. The van der Waals surface area contributed by atoms with Gasteiger partial charge in [-0.05, 0) is 13.8 Å². The van der Waals surface area contributed by atoms with Crippen LogP contribution in [0.1, 0.15) is 20.8 Å². The maximum Gasteiger partial charge on any atom is 0.310 e. The van der Waals surface area contributed by atoms with Crippen molar-refractivity contribution in [2.75, 3.05) is 14.1 Å². The van der Waals surface area contributed by atoms with Gasteiger partial charge in [0.1, 0.15) is 0 Å². The third kappa shape index (κ3) is 1.66. The lowest BCUT2D eigenvalue weighted by Gasteiger charge is -2.36. The standard InChI is InChI=1S/C8H15NO2/c1-7(11)9(4,5)8(2,3)6-10/h1-5H3/q+1. The molecule has 0 spiro atoms. The summed E-state index contributed by atoms with van der Waals surface area (Å²) in [7, 11) is 3.40. The second-order valence-corrected chi connectivity index (χ2v) is 3.63. The van der Waals surface area contributed by atoms with Gasteiger partial charge in [-0.15, -0.1) is 0 Å². The van der Waals surface area contributed by atoms with Crippen LogP contribution in [0, 0.1) is 0 Å². The number of carbonyl (C=O) groups excluding carboxylic acids is 2. The summed E-state index contributed by atoms with van der Waals surface area (Å²) in [5.74, 6) is -0.0432. The quantitative estimate of drug-likeness (QED) is 0.547. The highest BCUT2D eigenvalue weighted by Gasteiger charge is 2.41. The fourth-order valence-corrected chi connectivity index (χ4v) is 0.508. The molecule has 0 aromatic rings. The summed E-state index contributed by atoms with van der Waals surface area (Å²) in [4.78, 5) is 21.5. The Labute approximate surface area is 67.6 Å². The predicted octanol–water partition coefficient (Wildman–Crippen LogP) is 0.498. The molecule has 0 rings (SSSR count). The first-order valence-corrected chi connectivity index (χ1v) is 3.50. The lowest BCUT2D eigenvalue weighted by atomic mass is 10.0. The zero-order chi connectivity index (χ0) is 9.28. The van der Waals surface area contributed by atoms with E-state index in [-0.39, 0.29) is 10.4 Å². The Bertz CT molecular complexity index is 183. The molecule has 1 amide bonds. The highest BCUT2D eigenvalue weighted by molar-refractivity contribution is 5.71. The summed E-state index contributed by atoms with van der Waals surface area (Å²) < 4.78 is 0.0382. The van der Waals surface area contributed by atoms with Crippen LogP contribution >= 0.6 is 0 Å². The molecule has 0 saturated heterocycles. The van der Waals surface area contributed by atoms with E-state index in [4.69, 9.17) is 0 Å². The van der Waals surface area contributed by atoms with Crippen LogP contribution in [0.2, 0.25) is 0 Å². The van der Waals surface area contributed by atoms with Gasteiger partial charge in [0.25, 0.3) is 6.29 Å². The third-order valence-corrected chi connectivity index (χ3v) is 2.43. The van der Waals surface area contributed by atoms with Crippen molar-refractivity contribution in [1.82, 2.24) is 0 Å². The molecule has 0 bridgehead atoms. The van der Waals surface area contributed by atoms with Gasteiger partial charge in [0, 0.05) is 0 Å². The molecule has 0 aliphatic heterocycles. The third-order valence-electron chi connectivity index (χ3n) is 2.43. The van der Waals surface area contributed by atoms with Crippen LogP contribution in [0.25, 0.3) is 0 Å². The van der Waals surface area contributed by atoms with E-state index in [1.54, 1.807) is 27.9 Å². The summed E-state index contributed by atoms with van der Waals surface area (Å²) in [5, 5.41) is 0. The smallest absolute Gasteiger partial charge is 0.283 e. The molecule has 1 radical (unpaired) electrons. The number of carbonyl (C=O) groups is 1. The van der Waals surface area contributed by atoms with Gasteiger partial charge >= 0.3 is 5.91 Å². The Balaban J connectivity index is 4.81. The molecule has 0 heterocycles. The van der Waals surface area contributed by atoms with Gasteiger partial charge in [-0.2, -0.15) is 0 Å². The molecule has 3 nitrogen and oxygen atoms in total. The van der Waals surface area contributed by atoms with E-state index < -0.39 is 5.54 Å². The number of hydrogen-bond acceptors (Lipinski definition) is 2. The van der Waals surface area contributed by atoms with Crippen molar-refractivity contribution in [2.24, 2.45) is 0 Å². The van der Waals surface area contributed by atoms with Crippen molar-refractivity contribution in [3.63, 3.8) is 0 Å². The maximum atomic E-state index is 11.1. The first kappa shape index (κ1) is 10.3. The Hall–Kier alpha value is -0.700. The van der Waals surface area contributed by atoms with Crippen LogP contribution in [-0.4, -0.2) is 36.3 Å². The normalized spacial score (nSPS) is 12.8. The zero-order valence-electron chi connectivity index (χ0n) is 7.76. The van der Waals surface area contributed by atoms with Gasteiger partial charge in [-0.25, -0.2) is 4.79 Å². The van der Waals surface area contributed by atoms with E-state index in [1.807, 2.05) is 6.29 Å². The Morgan fingerprint density at radius 3 is 1.82 bits per heavy atom. The molecule has 0 unspecified atom stereocenters. The lowest BCUT2D eigenvalue weighted by molar-refractivity contribution is -0.851. The molecule has 0 fully saturated rings. The van der Waals surface area contributed by atoms with Crippen molar-refractivity contribution in [3.8, 4) is 0 Å². The Kier molecular flexibility index (Phi) is 2.56. The van der Waals surface area contributed by atoms with E-state index in [0.29, 0.717) is 0 Å². The number of rotatable bonds is 2. The maximum absolute atomic E-state index is 11.1. The van der Waals surface area contributed by atoms with Crippen molar-refractivity contribution in [2.45, 2.75) is 26.3 Å². The van der Waals surface area contributed by atoms with Crippen LogP contribution in [0.15, 0.2) is 0 Å². The van der Waals surface area contributed by atoms with Crippen LogP contribution in [-0.2, 0) is 9.59 Å². The molecular formula is C8H15NO2+. The fourth-order valence-electron chi connectivity index (χ4n) is 0.508. The van der Waals surface area contributed by atoms with Crippen molar-refractivity contribution in [1.29, 1.82) is 0 Å². The van der Waals surface area contributed by atoms with Crippen LogP contribution in [0.5, 0.6) is 0 Å². The average molecular weight is 157 g/mol. The molecule has 0 aromatic carbocycles. The van der Waals surface area contributed by atoms with Crippen molar-refractivity contribution < 1.29 is 14.1 Å². The van der Waals surface area contributed by atoms with Crippen LogP contribution < -0.4 is 0 Å². The molecule has 63 valence electrons. The topological polar surface area (TPSA) is 34.1 Å². The molecule has 3 heteroatoms. The molecule has 0 N–H and O–H groups in total. The predicted molar refractivity (Wildman–Crippen MR) is 42.6 cm³/mol. The minimum atomic E-state index is -0.758. The summed E-state index contributed by atoms with van der Waals surface area (Å²) in [6, 6.07) is 0. The first-order chi connectivity index (χ1) is 4.75. The minimum absolute atomic E-state index is 0.0382. The first-order valence-electron chi connectivity index (χ1n) is 3.50. The number of quaternary nitrogens is 1. The van der Waals surface area contributed by atoms with E-state index in [2.05, 4.69) is 0 Å². The van der Waals surface area contributed by atoms with E-state index in [0.717, 1.165) is 0 Å². The summed E-state index contributed by atoms with van der Waals surface area (Å²) in [6.07, 6.45) is 1.86. The monoisotopic (exact) mass is 157 g/mol. The largest absolute Gasteiger partial charge is 0.310 e. The molecule has 11 heavy (non-hydrogen) atoms. The number of nitrogens with zero attached hydrogens (tertiary/aromatic N) is 1. The van der Waals surface area contributed by atoms with Gasteiger partial charge in [0.05, 0.1) is 21.0 Å². The van der Waals surface area contributed by atoms with Gasteiger partial charge in [0.15, 0.2) is 5.54 Å².